The van der Waals surface area contributed by atoms with E-state index in [1.165, 1.54) is 13.8 Å². The number of carbonyl (C=O) groups excluding carboxylic acids is 3. The zero-order valence-corrected chi connectivity index (χ0v) is 19.2. The molecule has 2 N–H and O–H groups in total. The van der Waals surface area contributed by atoms with Crippen LogP contribution in [0.2, 0.25) is 0 Å². The highest BCUT2D eigenvalue weighted by Gasteiger charge is 2.62. The van der Waals surface area contributed by atoms with Crippen LogP contribution < -0.4 is 0 Å². The van der Waals surface area contributed by atoms with Gasteiger partial charge < -0.3 is 19.7 Å². The Morgan fingerprint density at radius 3 is 2.23 bits per heavy atom. The summed E-state index contributed by atoms with van der Waals surface area (Å²) in [5.41, 5.74) is -0.0561. The van der Waals surface area contributed by atoms with Gasteiger partial charge in [0.1, 0.15) is 6.10 Å². The molecule has 2 saturated carbocycles. The second-order valence-corrected chi connectivity index (χ2v) is 10.2. The molecular formula is C24H34O7. The predicted molar refractivity (Wildman–Crippen MR) is 113 cm³/mol. The van der Waals surface area contributed by atoms with Crippen LogP contribution in [0.1, 0.15) is 60.8 Å². The number of Topliss-reactive ketones (excluding diaryl/α,β-unsaturated/α-hetero) is 1. The molecule has 3 aliphatic rings. The first-order valence-corrected chi connectivity index (χ1v) is 10.9. The van der Waals surface area contributed by atoms with Crippen molar-refractivity contribution in [2.24, 2.45) is 22.7 Å². The molecule has 0 saturated heterocycles. The quantitative estimate of drug-likeness (QED) is 0.507. The largest absolute Gasteiger partial charge is 0.458 e. The Balaban J connectivity index is 2.35. The first-order valence-electron chi connectivity index (χ1n) is 10.9. The van der Waals surface area contributed by atoms with Crippen molar-refractivity contribution in [3.63, 3.8) is 0 Å². The Morgan fingerprint density at radius 1 is 1.10 bits per heavy atom. The minimum absolute atomic E-state index is 0.136. The van der Waals surface area contributed by atoms with Crippen LogP contribution in [0.5, 0.6) is 0 Å². The Morgan fingerprint density at radius 2 is 1.68 bits per heavy atom. The number of hydrogen-bond acceptors (Lipinski definition) is 7. The molecular weight excluding hydrogens is 400 g/mol. The highest BCUT2D eigenvalue weighted by molar-refractivity contribution is 5.97. The van der Waals surface area contributed by atoms with Gasteiger partial charge in [-0.1, -0.05) is 27.4 Å². The SMILES string of the molecule is C=C1[C@@H](O)CC[C@@]2(C)[C@@H](OC(C)=O)[C@H](OC(C)=O)C3=C(C)C(=O)C[C@H]([C@@H](O)[C@H]12)C3(C)C. The van der Waals surface area contributed by atoms with Gasteiger partial charge >= 0.3 is 11.9 Å². The number of rotatable bonds is 2. The minimum Gasteiger partial charge on any atom is -0.458 e. The summed E-state index contributed by atoms with van der Waals surface area (Å²) in [5, 5.41) is 22.2. The summed E-state index contributed by atoms with van der Waals surface area (Å²) in [7, 11) is 0. The van der Waals surface area contributed by atoms with E-state index in [0.717, 1.165) is 0 Å². The lowest BCUT2D eigenvalue weighted by atomic mass is 9.49. The van der Waals surface area contributed by atoms with E-state index < -0.39 is 59.0 Å². The van der Waals surface area contributed by atoms with Gasteiger partial charge in [0.15, 0.2) is 11.9 Å². The summed E-state index contributed by atoms with van der Waals surface area (Å²) in [4.78, 5) is 37.3. The van der Waals surface area contributed by atoms with Crippen LogP contribution in [0.4, 0.5) is 0 Å². The van der Waals surface area contributed by atoms with Gasteiger partial charge in [-0.15, -0.1) is 0 Å². The standard InChI is InChI=1S/C24H34O7/c1-11-16(27)8-9-24(7)18(11)20(29)15-10-17(28)12(2)19(23(15,5)6)21(30-13(3)25)22(24)31-14(4)26/h15-16,18,20-22,27,29H,1,8-10H2,2-7H3/t15-,16+,18+,20-,21-,22+,24-/m1/s1. The Bertz CT molecular complexity index is 854. The maximum atomic E-state index is 13.0. The van der Waals surface area contributed by atoms with Crippen molar-refractivity contribution in [2.45, 2.75) is 85.2 Å². The van der Waals surface area contributed by atoms with Crippen LogP contribution in [-0.4, -0.2) is 52.4 Å². The van der Waals surface area contributed by atoms with Crippen molar-refractivity contribution in [3.05, 3.63) is 23.3 Å². The number of ketones is 1. The van der Waals surface area contributed by atoms with E-state index in [1.807, 2.05) is 20.8 Å². The van der Waals surface area contributed by atoms with Gasteiger partial charge in [0.05, 0.1) is 12.2 Å². The molecule has 0 unspecified atom stereocenters. The molecule has 7 heteroatoms. The van der Waals surface area contributed by atoms with Crippen LogP contribution in [0, 0.1) is 22.7 Å². The molecule has 0 aromatic carbocycles. The Kier molecular flexibility index (Phi) is 6.00. The number of esters is 2. The lowest BCUT2D eigenvalue weighted by molar-refractivity contribution is -0.195. The van der Waals surface area contributed by atoms with Gasteiger partial charge in [-0.05, 0) is 41.9 Å². The molecule has 0 heterocycles. The monoisotopic (exact) mass is 434 g/mol. The number of carbonyl (C=O) groups is 3. The first kappa shape index (κ1) is 23.7. The molecule has 31 heavy (non-hydrogen) atoms. The van der Waals surface area contributed by atoms with Crippen molar-refractivity contribution < 1.29 is 34.1 Å². The third-order valence-corrected chi connectivity index (χ3v) is 7.89. The minimum atomic E-state index is -0.995. The second kappa shape index (κ2) is 7.85. The third kappa shape index (κ3) is 3.65. The molecule has 3 aliphatic carbocycles. The maximum Gasteiger partial charge on any atom is 0.303 e. The summed E-state index contributed by atoms with van der Waals surface area (Å²) in [5.74, 6) is -2.35. The van der Waals surface area contributed by atoms with E-state index in [2.05, 4.69) is 6.58 Å². The Hall–Kier alpha value is -1.99. The van der Waals surface area contributed by atoms with Gasteiger partial charge in [0.25, 0.3) is 0 Å². The van der Waals surface area contributed by atoms with Crippen molar-refractivity contribution in [1.82, 2.24) is 0 Å². The lowest BCUT2D eigenvalue weighted by Gasteiger charge is -2.58. The van der Waals surface area contributed by atoms with E-state index in [1.54, 1.807) is 6.92 Å². The fourth-order valence-corrected chi connectivity index (χ4v) is 6.32. The van der Waals surface area contributed by atoms with Crippen LogP contribution in [0.3, 0.4) is 0 Å². The summed E-state index contributed by atoms with van der Waals surface area (Å²) >= 11 is 0. The molecule has 172 valence electrons. The molecule has 0 spiro atoms. The molecule has 0 aromatic heterocycles. The molecule has 0 amide bonds. The lowest BCUT2D eigenvalue weighted by Crippen LogP contribution is -2.63. The van der Waals surface area contributed by atoms with Crippen LogP contribution in [-0.2, 0) is 23.9 Å². The number of aliphatic hydroxyl groups is 2. The highest BCUT2D eigenvalue weighted by Crippen LogP contribution is 2.59. The van der Waals surface area contributed by atoms with Crippen molar-refractivity contribution in [3.8, 4) is 0 Å². The van der Waals surface area contributed by atoms with Gasteiger partial charge in [-0.3, -0.25) is 14.4 Å². The average molecular weight is 435 g/mol. The molecule has 0 radical (unpaired) electrons. The van der Waals surface area contributed by atoms with Gasteiger partial charge in [-0.2, -0.15) is 0 Å². The van der Waals surface area contributed by atoms with Gasteiger partial charge in [0.2, 0.25) is 0 Å². The highest BCUT2D eigenvalue weighted by atomic mass is 16.6. The van der Waals surface area contributed by atoms with E-state index in [9.17, 15) is 24.6 Å². The molecule has 2 fully saturated rings. The van der Waals surface area contributed by atoms with Crippen molar-refractivity contribution in [2.75, 3.05) is 0 Å². The molecule has 2 bridgehead atoms. The van der Waals surface area contributed by atoms with Crippen molar-refractivity contribution >= 4 is 17.7 Å². The normalized spacial score (nSPS) is 39.9. The van der Waals surface area contributed by atoms with Crippen molar-refractivity contribution in [1.29, 1.82) is 0 Å². The van der Waals surface area contributed by atoms with Gasteiger partial charge in [-0.25, -0.2) is 0 Å². The van der Waals surface area contributed by atoms with E-state index in [4.69, 9.17) is 9.47 Å². The predicted octanol–water partition coefficient (Wildman–Crippen LogP) is 2.49. The van der Waals surface area contributed by atoms with Crippen LogP contribution >= 0.6 is 0 Å². The summed E-state index contributed by atoms with van der Waals surface area (Å²) in [6.07, 6.45) is -2.78. The molecule has 0 aliphatic heterocycles. The second-order valence-electron chi connectivity index (χ2n) is 10.2. The van der Waals surface area contributed by atoms with E-state index in [-0.39, 0.29) is 12.2 Å². The van der Waals surface area contributed by atoms with E-state index in [0.29, 0.717) is 29.6 Å². The zero-order valence-electron chi connectivity index (χ0n) is 19.2. The smallest absolute Gasteiger partial charge is 0.303 e. The number of allylic oxidation sites excluding steroid dienone is 1. The topological polar surface area (TPSA) is 110 Å². The fraction of sp³-hybridized carbons (Fsp3) is 0.708. The molecule has 7 atom stereocenters. The summed E-state index contributed by atoms with van der Waals surface area (Å²) in [6.45, 7) is 14.1. The number of ether oxygens (including phenoxy) is 2. The first-order chi connectivity index (χ1) is 14.2. The van der Waals surface area contributed by atoms with Crippen LogP contribution in [0.25, 0.3) is 0 Å². The van der Waals surface area contributed by atoms with Gasteiger partial charge in [0, 0.05) is 37.5 Å². The third-order valence-electron chi connectivity index (χ3n) is 7.89. The summed E-state index contributed by atoms with van der Waals surface area (Å²) < 4.78 is 11.6. The maximum absolute atomic E-state index is 13.0. The fourth-order valence-electron chi connectivity index (χ4n) is 6.32. The van der Waals surface area contributed by atoms with E-state index >= 15 is 0 Å². The zero-order chi connectivity index (χ0) is 23.5. The number of aliphatic hydroxyl groups excluding tert-OH is 2. The summed E-state index contributed by atoms with van der Waals surface area (Å²) in [6, 6.07) is 0. The average Bonchev–Trinajstić information content (AvgIpc) is 2.64. The molecule has 3 rings (SSSR count). The Labute approximate surface area is 183 Å². The number of hydrogen-bond donors (Lipinski definition) is 2. The molecule has 0 aromatic rings. The number of fused-ring (bicyclic) bond motifs is 3. The van der Waals surface area contributed by atoms with Crippen LogP contribution in [0.15, 0.2) is 23.3 Å². The molecule has 7 nitrogen and oxygen atoms in total.